The van der Waals surface area contributed by atoms with Crippen LogP contribution in [0.3, 0.4) is 0 Å². The highest BCUT2D eigenvalue weighted by molar-refractivity contribution is 5.94. The number of rotatable bonds is 3. The summed E-state index contributed by atoms with van der Waals surface area (Å²) in [5.41, 5.74) is 2.67. The molecule has 6 heteroatoms. The van der Waals surface area contributed by atoms with Gasteiger partial charge < -0.3 is 19.7 Å². The molecule has 1 N–H and O–H groups in total. The highest BCUT2D eigenvalue weighted by Gasteiger charge is 2.46. The van der Waals surface area contributed by atoms with E-state index in [-0.39, 0.29) is 17.9 Å². The van der Waals surface area contributed by atoms with E-state index in [1.54, 1.807) is 0 Å². The lowest BCUT2D eigenvalue weighted by atomic mass is 9.95. The number of likely N-dealkylation sites (tertiary alicyclic amines) is 3. The molecule has 0 unspecified atom stereocenters. The Balaban J connectivity index is 1.25. The number of piperidine rings is 1. The maximum Gasteiger partial charge on any atom is 0.270 e. The van der Waals surface area contributed by atoms with Crippen LogP contribution in [0.5, 0.6) is 0 Å². The van der Waals surface area contributed by atoms with E-state index in [2.05, 4.69) is 16.9 Å². The van der Waals surface area contributed by atoms with Gasteiger partial charge in [-0.3, -0.25) is 9.59 Å². The van der Waals surface area contributed by atoms with E-state index in [0.29, 0.717) is 24.1 Å². The molecule has 30 heavy (non-hydrogen) atoms. The van der Waals surface area contributed by atoms with Gasteiger partial charge in [-0.1, -0.05) is 30.3 Å². The normalized spacial score (nSPS) is 25.0. The quantitative estimate of drug-likeness (QED) is 0.853. The molecule has 2 atom stereocenters. The summed E-state index contributed by atoms with van der Waals surface area (Å²) in [6, 6.07) is 14.1. The second kappa shape index (κ2) is 7.91. The van der Waals surface area contributed by atoms with Crippen LogP contribution in [0.4, 0.5) is 0 Å². The topological polar surface area (TPSA) is 59.7 Å². The number of carbonyl (C=O) groups is 2. The lowest BCUT2D eigenvalue weighted by Crippen LogP contribution is -2.44. The second-order valence-corrected chi connectivity index (χ2v) is 9.09. The Morgan fingerprint density at radius 2 is 1.70 bits per heavy atom. The minimum absolute atomic E-state index is 0.0540. The largest absolute Gasteiger partial charge is 0.351 e. The summed E-state index contributed by atoms with van der Waals surface area (Å²) in [5.74, 6) is 0.920. The number of hydrogen-bond acceptors (Lipinski definition) is 3. The molecule has 2 aromatic rings. The third-order valence-electron chi connectivity index (χ3n) is 7.19. The maximum atomic E-state index is 13.2. The van der Waals surface area contributed by atoms with Crippen LogP contribution in [-0.2, 0) is 4.79 Å². The monoisotopic (exact) mass is 406 g/mol. The molecule has 0 bridgehead atoms. The van der Waals surface area contributed by atoms with Crippen molar-refractivity contribution in [2.75, 3.05) is 39.8 Å². The van der Waals surface area contributed by atoms with Gasteiger partial charge in [0.05, 0.1) is 6.04 Å². The van der Waals surface area contributed by atoms with Crippen LogP contribution in [0.25, 0.3) is 11.3 Å². The standard InChI is InChI=1S/C24H30N4O2/c1-26-12-9-18(10-13-26)23(29)27-15-19-11-14-28(22(19)16-27)24(30)21-8-7-20(25-21)17-5-3-2-4-6-17/h2-8,18-19,22,25H,9-16H2,1H3/t19-,22+/m0/s1. The number of benzene rings is 1. The van der Waals surface area contributed by atoms with E-state index in [1.165, 1.54) is 0 Å². The predicted molar refractivity (Wildman–Crippen MR) is 116 cm³/mol. The van der Waals surface area contributed by atoms with Crippen LogP contribution in [0.1, 0.15) is 29.8 Å². The zero-order valence-electron chi connectivity index (χ0n) is 17.6. The third kappa shape index (κ3) is 3.54. The number of nitrogens with one attached hydrogen (secondary N) is 1. The van der Waals surface area contributed by atoms with Crippen LogP contribution in [-0.4, -0.2) is 77.3 Å². The molecule has 6 nitrogen and oxygen atoms in total. The highest BCUT2D eigenvalue weighted by Crippen LogP contribution is 2.34. The van der Waals surface area contributed by atoms with E-state index in [1.807, 2.05) is 52.3 Å². The molecule has 5 rings (SSSR count). The maximum absolute atomic E-state index is 13.2. The molecular formula is C24H30N4O2. The molecule has 0 aliphatic carbocycles. The Bertz CT molecular complexity index is 916. The molecule has 3 saturated heterocycles. The molecule has 2 amide bonds. The Hall–Kier alpha value is -2.60. The van der Waals surface area contributed by atoms with E-state index < -0.39 is 0 Å². The first-order valence-electron chi connectivity index (χ1n) is 11.1. The van der Waals surface area contributed by atoms with E-state index in [4.69, 9.17) is 0 Å². The number of fused-ring (bicyclic) bond motifs is 1. The van der Waals surface area contributed by atoms with E-state index >= 15 is 0 Å². The minimum atomic E-state index is 0.0540. The number of amides is 2. The fourth-order valence-electron chi connectivity index (χ4n) is 5.37. The lowest BCUT2D eigenvalue weighted by molar-refractivity contribution is -0.136. The zero-order chi connectivity index (χ0) is 20.7. The number of H-pyrrole nitrogens is 1. The zero-order valence-corrected chi connectivity index (χ0v) is 17.6. The molecule has 3 fully saturated rings. The molecule has 0 saturated carbocycles. The average molecular weight is 407 g/mol. The van der Waals surface area contributed by atoms with Gasteiger partial charge in [0, 0.05) is 37.2 Å². The van der Waals surface area contributed by atoms with Crippen LogP contribution < -0.4 is 0 Å². The molecule has 0 spiro atoms. The average Bonchev–Trinajstić information content (AvgIpc) is 3.50. The number of carbonyl (C=O) groups excluding carboxylic acids is 2. The number of hydrogen-bond donors (Lipinski definition) is 1. The van der Waals surface area contributed by atoms with E-state index in [9.17, 15) is 9.59 Å². The smallest absolute Gasteiger partial charge is 0.270 e. The van der Waals surface area contributed by atoms with Crippen LogP contribution in [0.2, 0.25) is 0 Å². The van der Waals surface area contributed by atoms with Crippen molar-refractivity contribution in [3.05, 3.63) is 48.2 Å². The van der Waals surface area contributed by atoms with Crippen molar-refractivity contribution in [1.82, 2.24) is 19.7 Å². The second-order valence-electron chi connectivity index (χ2n) is 9.09. The minimum Gasteiger partial charge on any atom is -0.351 e. The first-order valence-corrected chi connectivity index (χ1v) is 11.1. The Kier molecular flexibility index (Phi) is 5.11. The number of aromatic nitrogens is 1. The first kappa shape index (κ1) is 19.4. The van der Waals surface area contributed by atoms with Crippen molar-refractivity contribution in [1.29, 1.82) is 0 Å². The molecule has 0 radical (unpaired) electrons. The SMILES string of the molecule is CN1CCC(C(=O)N2C[C@@H]3CCN(C(=O)c4ccc(-c5ccccc5)[nH]4)[C@@H]3C2)CC1. The van der Waals surface area contributed by atoms with Gasteiger partial charge >= 0.3 is 0 Å². The van der Waals surface area contributed by atoms with Gasteiger partial charge in [0.2, 0.25) is 5.91 Å². The summed E-state index contributed by atoms with van der Waals surface area (Å²) in [6.07, 6.45) is 2.89. The molecule has 3 aliphatic rings. The van der Waals surface area contributed by atoms with Crippen LogP contribution >= 0.6 is 0 Å². The van der Waals surface area contributed by atoms with Crippen molar-refractivity contribution < 1.29 is 9.59 Å². The third-order valence-corrected chi connectivity index (χ3v) is 7.19. The first-order chi connectivity index (χ1) is 14.6. The summed E-state index contributed by atoms with van der Waals surface area (Å²) in [5, 5.41) is 0. The lowest BCUT2D eigenvalue weighted by Gasteiger charge is -2.31. The summed E-state index contributed by atoms with van der Waals surface area (Å²) >= 11 is 0. The van der Waals surface area contributed by atoms with Gasteiger partial charge in [-0.2, -0.15) is 0 Å². The molecular weight excluding hydrogens is 376 g/mol. The van der Waals surface area contributed by atoms with Crippen molar-refractivity contribution in [2.24, 2.45) is 11.8 Å². The van der Waals surface area contributed by atoms with Gasteiger partial charge in [0.1, 0.15) is 5.69 Å². The van der Waals surface area contributed by atoms with Gasteiger partial charge in [-0.25, -0.2) is 0 Å². The Morgan fingerprint density at radius 3 is 2.47 bits per heavy atom. The highest BCUT2D eigenvalue weighted by atomic mass is 16.2. The molecule has 1 aromatic carbocycles. The summed E-state index contributed by atoms with van der Waals surface area (Å²) < 4.78 is 0. The van der Waals surface area contributed by atoms with Gasteiger partial charge in [0.15, 0.2) is 0 Å². The van der Waals surface area contributed by atoms with E-state index in [0.717, 1.165) is 56.7 Å². The summed E-state index contributed by atoms with van der Waals surface area (Å²) in [7, 11) is 2.12. The fourth-order valence-corrected chi connectivity index (χ4v) is 5.37. The number of nitrogens with zero attached hydrogens (tertiary/aromatic N) is 3. The molecule has 1 aromatic heterocycles. The summed E-state index contributed by atoms with van der Waals surface area (Å²) in [6.45, 7) is 4.27. The van der Waals surface area contributed by atoms with Crippen LogP contribution in [0.15, 0.2) is 42.5 Å². The predicted octanol–water partition coefficient (Wildman–Crippen LogP) is 2.70. The van der Waals surface area contributed by atoms with Gasteiger partial charge in [-0.15, -0.1) is 0 Å². The van der Waals surface area contributed by atoms with Crippen molar-refractivity contribution >= 4 is 11.8 Å². The fraction of sp³-hybridized carbons (Fsp3) is 0.500. The molecule has 4 heterocycles. The summed E-state index contributed by atoms with van der Waals surface area (Å²) in [4.78, 5) is 35.9. The van der Waals surface area contributed by atoms with Gasteiger partial charge in [-0.05, 0) is 57.1 Å². The molecule has 158 valence electrons. The van der Waals surface area contributed by atoms with Crippen molar-refractivity contribution in [2.45, 2.75) is 25.3 Å². The molecule has 3 aliphatic heterocycles. The van der Waals surface area contributed by atoms with Gasteiger partial charge in [0.25, 0.3) is 5.91 Å². The van der Waals surface area contributed by atoms with Crippen molar-refractivity contribution in [3.8, 4) is 11.3 Å². The Morgan fingerprint density at radius 1 is 0.933 bits per heavy atom. The van der Waals surface area contributed by atoms with Crippen LogP contribution in [0, 0.1) is 11.8 Å². The Labute approximate surface area is 177 Å². The van der Waals surface area contributed by atoms with Crippen molar-refractivity contribution in [3.63, 3.8) is 0 Å². The number of aromatic amines is 1.